The van der Waals surface area contributed by atoms with Crippen molar-refractivity contribution in [2.75, 3.05) is 14.2 Å². The first-order valence-electron chi connectivity index (χ1n) is 8.25. The number of nitrogens with one attached hydrogen (secondary N) is 1. The number of carbonyl (C=O) groups excluding carboxylic acids is 1. The fourth-order valence-electron chi connectivity index (χ4n) is 4.10. The first-order chi connectivity index (χ1) is 11.5. The molecule has 0 heterocycles. The van der Waals surface area contributed by atoms with Gasteiger partial charge in [-0.1, -0.05) is 19.8 Å². The Morgan fingerprint density at radius 1 is 1.38 bits per heavy atom. The molecule has 0 unspecified atom stereocenters. The van der Waals surface area contributed by atoms with Crippen LogP contribution in [0.1, 0.15) is 38.2 Å². The van der Waals surface area contributed by atoms with Crippen molar-refractivity contribution >= 4 is 34.7 Å². The number of hydrogen-bond acceptors (Lipinski definition) is 4. The standard InChI is InChI=1S/C18H23IN2O3/c1-18-7-5-4-6-12(18)15(18)17(22)21-20-10-11-8-13(19)16(24-3)14(9-11)23-2/h8-10,12,15H,4-7H2,1-3H3,(H,21,22)/b20-10-/t12-,15+,18+/m1/s1. The number of rotatable bonds is 5. The van der Waals surface area contributed by atoms with Crippen molar-refractivity contribution < 1.29 is 14.3 Å². The Morgan fingerprint density at radius 3 is 2.79 bits per heavy atom. The van der Waals surface area contributed by atoms with Gasteiger partial charge >= 0.3 is 0 Å². The summed E-state index contributed by atoms with van der Waals surface area (Å²) in [4.78, 5) is 12.4. The largest absolute Gasteiger partial charge is 0.493 e. The molecule has 1 N–H and O–H groups in total. The van der Waals surface area contributed by atoms with Crippen LogP contribution in [0.5, 0.6) is 11.5 Å². The topological polar surface area (TPSA) is 59.9 Å². The predicted octanol–water partition coefficient (Wildman–Crippen LogP) is 3.58. The lowest BCUT2D eigenvalue weighted by Gasteiger charge is -2.15. The van der Waals surface area contributed by atoms with Crippen LogP contribution in [-0.4, -0.2) is 26.3 Å². The van der Waals surface area contributed by atoms with Gasteiger partial charge < -0.3 is 9.47 Å². The Morgan fingerprint density at radius 2 is 2.17 bits per heavy atom. The quantitative estimate of drug-likeness (QED) is 0.431. The number of hydrogen-bond donors (Lipinski definition) is 1. The van der Waals surface area contributed by atoms with Crippen LogP contribution >= 0.6 is 22.6 Å². The average Bonchev–Trinajstić information content (AvgIpc) is 3.19. The van der Waals surface area contributed by atoms with E-state index in [2.05, 4.69) is 40.0 Å². The van der Waals surface area contributed by atoms with Gasteiger partial charge in [0.25, 0.3) is 0 Å². The van der Waals surface area contributed by atoms with Crippen molar-refractivity contribution in [3.8, 4) is 11.5 Å². The van der Waals surface area contributed by atoms with E-state index in [1.807, 2.05) is 12.1 Å². The third kappa shape index (κ3) is 3.12. The van der Waals surface area contributed by atoms with Gasteiger partial charge in [0.05, 0.1) is 24.0 Å². The first kappa shape index (κ1) is 17.5. The van der Waals surface area contributed by atoms with E-state index in [1.54, 1.807) is 20.4 Å². The Labute approximate surface area is 156 Å². The van der Waals surface area contributed by atoms with E-state index in [4.69, 9.17) is 9.47 Å². The minimum Gasteiger partial charge on any atom is -0.493 e. The highest BCUT2D eigenvalue weighted by atomic mass is 127. The van der Waals surface area contributed by atoms with E-state index < -0.39 is 0 Å². The highest BCUT2D eigenvalue weighted by molar-refractivity contribution is 14.1. The smallest absolute Gasteiger partial charge is 0.244 e. The van der Waals surface area contributed by atoms with Gasteiger partial charge in [0.15, 0.2) is 11.5 Å². The van der Waals surface area contributed by atoms with Gasteiger partial charge in [0.2, 0.25) is 5.91 Å². The molecule has 3 rings (SSSR count). The summed E-state index contributed by atoms with van der Waals surface area (Å²) >= 11 is 2.19. The van der Waals surface area contributed by atoms with Gasteiger partial charge in [0.1, 0.15) is 0 Å². The summed E-state index contributed by atoms with van der Waals surface area (Å²) < 4.78 is 11.6. The van der Waals surface area contributed by atoms with E-state index in [0.29, 0.717) is 17.4 Å². The highest BCUT2D eigenvalue weighted by Crippen LogP contribution is 2.66. The zero-order valence-corrected chi connectivity index (χ0v) is 16.4. The van der Waals surface area contributed by atoms with Gasteiger partial charge in [-0.05, 0) is 64.5 Å². The van der Waals surface area contributed by atoms with Crippen LogP contribution in [-0.2, 0) is 4.79 Å². The van der Waals surface area contributed by atoms with Gasteiger partial charge in [-0.2, -0.15) is 5.10 Å². The number of benzene rings is 1. The molecule has 1 aromatic carbocycles. The van der Waals surface area contributed by atoms with Crippen molar-refractivity contribution in [3.63, 3.8) is 0 Å². The predicted molar refractivity (Wildman–Crippen MR) is 102 cm³/mol. The molecule has 1 aromatic rings. The average molecular weight is 442 g/mol. The lowest BCUT2D eigenvalue weighted by atomic mass is 9.90. The lowest BCUT2D eigenvalue weighted by molar-refractivity contribution is -0.123. The van der Waals surface area contributed by atoms with Gasteiger partial charge in [-0.3, -0.25) is 4.79 Å². The molecule has 24 heavy (non-hydrogen) atoms. The van der Waals surface area contributed by atoms with E-state index in [0.717, 1.165) is 15.6 Å². The van der Waals surface area contributed by atoms with Crippen LogP contribution in [0.25, 0.3) is 0 Å². The maximum absolute atomic E-state index is 12.4. The molecule has 2 fully saturated rings. The number of hydrazone groups is 1. The van der Waals surface area contributed by atoms with E-state index in [9.17, 15) is 4.79 Å². The number of nitrogens with zero attached hydrogens (tertiary/aromatic N) is 1. The minimum atomic E-state index is 0.0517. The van der Waals surface area contributed by atoms with Crippen LogP contribution in [0, 0.1) is 20.8 Å². The molecule has 0 bridgehead atoms. The molecule has 0 saturated heterocycles. The summed E-state index contributed by atoms with van der Waals surface area (Å²) in [7, 11) is 3.22. The molecule has 2 saturated carbocycles. The summed E-state index contributed by atoms with van der Waals surface area (Å²) in [5.74, 6) is 2.08. The fraction of sp³-hybridized carbons (Fsp3) is 0.556. The molecule has 5 nitrogen and oxygen atoms in total. The van der Waals surface area contributed by atoms with Gasteiger partial charge in [-0.15, -0.1) is 0 Å². The molecule has 0 spiro atoms. The molecule has 2 aliphatic carbocycles. The number of halogens is 1. The van der Waals surface area contributed by atoms with Gasteiger partial charge in [-0.25, -0.2) is 5.43 Å². The van der Waals surface area contributed by atoms with E-state index in [-0.39, 0.29) is 17.2 Å². The van der Waals surface area contributed by atoms with Crippen molar-refractivity contribution in [1.29, 1.82) is 0 Å². The first-order valence-corrected chi connectivity index (χ1v) is 9.33. The fourth-order valence-corrected chi connectivity index (χ4v) is 4.95. The van der Waals surface area contributed by atoms with Crippen LogP contribution in [0.15, 0.2) is 17.2 Å². The van der Waals surface area contributed by atoms with Crippen LogP contribution in [0.3, 0.4) is 0 Å². The number of carbonyl (C=O) groups is 1. The summed E-state index contributed by atoms with van der Waals surface area (Å²) in [5.41, 5.74) is 3.78. The molecule has 6 heteroatoms. The second-order valence-electron chi connectivity index (χ2n) is 6.81. The molecule has 0 radical (unpaired) electrons. The molecule has 0 aromatic heterocycles. The molecule has 3 atom stereocenters. The molecule has 130 valence electrons. The third-order valence-electron chi connectivity index (χ3n) is 5.46. The summed E-state index contributed by atoms with van der Waals surface area (Å²) in [6.07, 6.45) is 6.47. The Hall–Kier alpha value is -1.31. The van der Waals surface area contributed by atoms with Gasteiger partial charge in [0, 0.05) is 5.92 Å². The maximum atomic E-state index is 12.4. The number of methoxy groups -OCH3 is 2. The summed E-state index contributed by atoms with van der Waals surface area (Å²) in [5, 5.41) is 4.14. The zero-order valence-electron chi connectivity index (χ0n) is 14.3. The number of fused-ring (bicyclic) bond motifs is 1. The number of ether oxygens (including phenoxy) is 2. The Bertz CT molecular complexity index is 676. The molecular weight excluding hydrogens is 419 g/mol. The molecule has 0 aliphatic heterocycles. The third-order valence-corrected chi connectivity index (χ3v) is 6.26. The van der Waals surface area contributed by atoms with Crippen LogP contribution in [0.2, 0.25) is 0 Å². The lowest BCUT2D eigenvalue weighted by Crippen LogP contribution is -2.22. The normalized spacial score (nSPS) is 28.3. The van der Waals surface area contributed by atoms with Crippen molar-refractivity contribution in [1.82, 2.24) is 5.43 Å². The minimum absolute atomic E-state index is 0.0517. The van der Waals surface area contributed by atoms with Crippen molar-refractivity contribution in [2.24, 2.45) is 22.4 Å². The SMILES string of the molecule is COc1cc(/C=N\NC(=O)[C@@H]2[C@H]3CCCC[C@@]32C)cc(I)c1OC. The highest BCUT2D eigenvalue weighted by Gasteiger charge is 2.64. The summed E-state index contributed by atoms with van der Waals surface area (Å²) in [6, 6.07) is 3.78. The summed E-state index contributed by atoms with van der Waals surface area (Å²) in [6.45, 7) is 2.24. The van der Waals surface area contributed by atoms with Crippen molar-refractivity contribution in [3.05, 3.63) is 21.3 Å². The van der Waals surface area contributed by atoms with Crippen LogP contribution in [0.4, 0.5) is 0 Å². The Kier molecular flexibility index (Phi) is 5.03. The molecule has 1 amide bonds. The second-order valence-corrected chi connectivity index (χ2v) is 7.97. The monoisotopic (exact) mass is 442 g/mol. The molecular formula is C18H23IN2O3. The van der Waals surface area contributed by atoms with Crippen molar-refractivity contribution in [2.45, 2.75) is 32.6 Å². The maximum Gasteiger partial charge on any atom is 0.244 e. The molecule has 2 aliphatic rings. The zero-order chi connectivity index (χ0) is 17.3. The van der Waals surface area contributed by atoms with E-state index >= 15 is 0 Å². The second kappa shape index (κ2) is 6.90. The Balaban J connectivity index is 1.65. The number of amides is 1. The van der Waals surface area contributed by atoms with E-state index in [1.165, 1.54) is 19.3 Å². The van der Waals surface area contributed by atoms with Crippen LogP contribution < -0.4 is 14.9 Å².